The standard InChI is InChI=1S/C17H24N4O6S6/c18-10(7-28)16(25)32-30-3-1-20-14(23)12-5-9(22)6-13(27-12)15(24)21-2-4-31-33-17(26)11(19)8-29/h5-6,10-11,28-29H,1-4,7-8,18-19H2,(H,20,23)(H,21,24)/t10-,11-/m0/s1. The lowest BCUT2D eigenvalue weighted by atomic mass is 10.3. The number of hydrogen-bond acceptors (Lipinski definition) is 14. The van der Waals surface area contributed by atoms with Gasteiger partial charge in [-0.25, -0.2) is 0 Å². The zero-order chi connectivity index (χ0) is 24.8. The van der Waals surface area contributed by atoms with E-state index in [4.69, 9.17) is 15.9 Å². The topological polar surface area (TPSA) is 175 Å². The molecule has 1 heterocycles. The minimum absolute atomic E-state index is 0.199. The maximum Gasteiger partial charge on any atom is 0.287 e. The number of thiol groups is 2. The van der Waals surface area contributed by atoms with Crippen LogP contribution in [0.2, 0.25) is 0 Å². The zero-order valence-electron chi connectivity index (χ0n) is 17.2. The van der Waals surface area contributed by atoms with E-state index in [0.717, 1.165) is 33.7 Å². The van der Waals surface area contributed by atoms with Gasteiger partial charge in [-0.3, -0.25) is 24.0 Å². The van der Waals surface area contributed by atoms with E-state index in [9.17, 15) is 24.0 Å². The van der Waals surface area contributed by atoms with E-state index >= 15 is 0 Å². The summed E-state index contributed by atoms with van der Waals surface area (Å²) in [4.78, 5) is 59.5. The van der Waals surface area contributed by atoms with Gasteiger partial charge in [-0.15, -0.1) is 0 Å². The van der Waals surface area contributed by atoms with Gasteiger partial charge in [0, 0.05) is 48.2 Å². The molecule has 0 aliphatic carbocycles. The minimum atomic E-state index is -0.670. The van der Waals surface area contributed by atoms with Crippen LogP contribution in [0.4, 0.5) is 0 Å². The van der Waals surface area contributed by atoms with E-state index in [1.807, 2.05) is 0 Å². The molecule has 0 spiro atoms. The van der Waals surface area contributed by atoms with Crippen LogP contribution in [0.5, 0.6) is 0 Å². The van der Waals surface area contributed by atoms with E-state index in [1.165, 1.54) is 21.6 Å². The normalized spacial score (nSPS) is 12.6. The van der Waals surface area contributed by atoms with E-state index in [1.54, 1.807) is 0 Å². The van der Waals surface area contributed by atoms with Crippen LogP contribution in [-0.4, -0.2) is 70.2 Å². The van der Waals surface area contributed by atoms with Gasteiger partial charge in [0.1, 0.15) is 0 Å². The Morgan fingerprint density at radius 1 is 0.848 bits per heavy atom. The van der Waals surface area contributed by atoms with Crippen molar-refractivity contribution in [1.82, 2.24) is 10.6 Å². The third-order valence-electron chi connectivity index (χ3n) is 3.44. The molecule has 0 aliphatic rings. The van der Waals surface area contributed by atoms with Gasteiger partial charge < -0.3 is 26.5 Å². The highest BCUT2D eigenvalue weighted by Gasteiger charge is 2.17. The molecule has 33 heavy (non-hydrogen) atoms. The Labute approximate surface area is 217 Å². The quantitative estimate of drug-likeness (QED) is 0.103. The maximum atomic E-state index is 12.2. The molecule has 6 N–H and O–H groups in total. The first-order valence-electron chi connectivity index (χ1n) is 9.30. The van der Waals surface area contributed by atoms with Crippen LogP contribution in [-0.2, 0) is 9.59 Å². The summed E-state index contributed by atoms with van der Waals surface area (Å²) in [6.07, 6.45) is 0. The Morgan fingerprint density at radius 3 is 1.61 bits per heavy atom. The summed E-state index contributed by atoms with van der Waals surface area (Å²) in [5.41, 5.74) is 10.5. The molecule has 0 radical (unpaired) electrons. The summed E-state index contributed by atoms with van der Waals surface area (Å²) in [6.45, 7) is 0.398. The van der Waals surface area contributed by atoms with Gasteiger partial charge in [0.25, 0.3) is 11.8 Å². The summed E-state index contributed by atoms with van der Waals surface area (Å²) in [6, 6.07) is 0.650. The second-order valence-electron chi connectivity index (χ2n) is 6.06. The Morgan fingerprint density at radius 2 is 1.24 bits per heavy atom. The van der Waals surface area contributed by atoms with Gasteiger partial charge in [-0.05, 0) is 21.6 Å². The fourth-order valence-electron chi connectivity index (χ4n) is 1.76. The average molecular weight is 573 g/mol. The molecule has 0 saturated heterocycles. The fourth-order valence-corrected chi connectivity index (χ4v) is 5.96. The molecule has 184 valence electrons. The second-order valence-corrected chi connectivity index (χ2v) is 11.6. The molecule has 1 aromatic heterocycles. The SMILES string of the molecule is N[C@@H](CS)C(=O)SSCCNC(=O)c1cc(=O)cc(C(=O)NCCSSC(=O)[C@@H](N)CS)o1. The van der Waals surface area contributed by atoms with E-state index in [0.29, 0.717) is 11.5 Å². The highest BCUT2D eigenvalue weighted by atomic mass is 33.1. The highest BCUT2D eigenvalue weighted by Crippen LogP contribution is 2.23. The van der Waals surface area contributed by atoms with Gasteiger partial charge in [0.05, 0.1) is 12.1 Å². The molecule has 1 rings (SSSR count). The van der Waals surface area contributed by atoms with Crippen molar-refractivity contribution < 1.29 is 23.6 Å². The van der Waals surface area contributed by atoms with Gasteiger partial charge in [-0.2, -0.15) is 25.3 Å². The van der Waals surface area contributed by atoms with Crippen molar-refractivity contribution in [1.29, 1.82) is 0 Å². The monoisotopic (exact) mass is 572 g/mol. The summed E-state index contributed by atoms with van der Waals surface area (Å²) in [5.74, 6) is -0.659. The Balaban J connectivity index is 2.46. The minimum Gasteiger partial charge on any atom is -0.445 e. The van der Waals surface area contributed by atoms with Crippen molar-refractivity contribution in [2.24, 2.45) is 11.5 Å². The largest absolute Gasteiger partial charge is 0.445 e. The molecule has 0 aromatic carbocycles. The molecule has 16 heteroatoms. The molecule has 10 nitrogen and oxygen atoms in total. The van der Waals surface area contributed by atoms with Crippen molar-refractivity contribution in [2.45, 2.75) is 12.1 Å². The third kappa shape index (κ3) is 12.0. The van der Waals surface area contributed by atoms with Crippen LogP contribution in [0.25, 0.3) is 0 Å². The number of hydrogen-bond donors (Lipinski definition) is 6. The zero-order valence-corrected chi connectivity index (χ0v) is 22.2. The van der Waals surface area contributed by atoms with Gasteiger partial charge in [-0.1, -0.05) is 21.6 Å². The molecule has 2 amide bonds. The average Bonchev–Trinajstić information content (AvgIpc) is 2.81. The number of amides is 2. The number of nitrogens with two attached hydrogens (primary N) is 2. The van der Waals surface area contributed by atoms with Crippen LogP contribution in [0.1, 0.15) is 21.1 Å². The first-order chi connectivity index (χ1) is 15.7. The van der Waals surface area contributed by atoms with Crippen LogP contribution >= 0.6 is 68.4 Å². The Hall–Kier alpha value is -0.750. The van der Waals surface area contributed by atoms with Crippen molar-refractivity contribution in [3.63, 3.8) is 0 Å². The van der Waals surface area contributed by atoms with Crippen LogP contribution in [0, 0.1) is 0 Å². The first kappa shape index (κ1) is 30.3. The smallest absolute Gasteiger partial charge is 0.287 e. The number of carbonyl (C=O) groups is 4. The number of carbonyl (C=O) groups excluding carboxylic acids is 4. The maximum absolute atomic E-state index is 12.2. The van der Waals surface area contributed by atoms with Crippen molar-refractivity contribution in [3.8, 4) is 0 Å². The third-order valence-corrected chi connectivity index (χ3v) is 8.83. The molecular weight excluding hydrogens is 549 g/mol. The van der Waals surface area contributed by atoms with Crippen molar-refractivity contribution in [3.05, 3.63) is 33.9 Å². The predicted octanol–water partition coefficient (Wildman–Crippen LogP) is 0.430. The van der Waals surface area contributed by atoms with Gasteiger partial charge in [0.2, 0.25) is 10.2 Å². The lowest BCUT2D eigenvalue weighted by Gasteiger charge is -2.08. The Bertz CT molecular complexity index is 821. The predicted molar refractivity (Wildman–Crippen MR) is 143 cm³/mol. The van der Waals surface area contributed by atoms with E-state index in [2.05, 4.69) is 35.9 Å². The molecule has 0 bridgehead atoms. The van der Waals surface area contributed by atoms with E-state index < -0.39 is 29.3 Å². The van der Waals surface area contributed by atoms with Crippen LogP contribution in [0.3, 0.4) is 0 Å². The fraction of sp³-hybridized carbons (Fsp3) is 0.471. The van der Waals surface area contributed by atoms with Crippen LogP contribution in [0.15, 0.2) is 21.3 Å². The lowest BCUT2D eigenvalue weighted by molar-refractivity contribution is -0.112. The van der Waals surface area contributed by atoms with Gasteiger partial charge >= 0.3 is 0 Å². The lowest BCUT2D eigenvalue weighted by Crippen LogP contribution is -2.30. The molecule has 0 aliphatic heterocycles. The second kappa shape index (κ2) is 16.8. The summed E-state index contributed by atoms with van der Waals surface area (Å²) >= 11 is 7.90. The summed E-state index contributed by atoms with van der Waals surface area (Å²) in [7, 11) is 4.38. The molecule has 2 atom stereocenters. The molecule has 0 fully saturated rings. The van der Waals surface area contributed by atoms with Crippen molar-refractivity contribution in [2.75, 3.05) is 36.1 Å². The molecule has 0 saturated carbocycles. The molecule has 1 aromatic rings. The van der Waals surface area contributed by atoms with E-state index in [-0.39, 0.29) is 46.3 Å². The summed E-state index contributed by atoms with van der Waals surface area (Å²) < 4.78 is 5.26. The number of nitrogens with one attached hydrogen (secondary N) is 2. The molecular formula is C17H24N4O6S6. The summed E-state index contributed by atoms with van der Waals surface area (Å²) in [5, 5.41) is 4.67. The van der Waals surface area contributed by atoms with Gasteiger partial charge in [0.15, 0.2) is 16.9 Å². The highest BCUT2D eigenvalue weighted by molar-refractivity contribution is 8.82. The van der Waals surface area contributed by atoms with Crippen molar-refractivity contribution >= 4 is 90.5 Å². The first-order valence-corrected chi connectivity index (χ1v) is 15.2. The molecule has 0 unspecified atom stereocenters. The number of rotatable bonds is 14. The van der Waals surface area contributed by atoms with Crippen LogP contribution < -0.4 is 27.5 Å². The Kier molecular flexibility index (Phi) is 15.4.